The monoisotopic (exact) mass is 286 g/mol. The second-order valence-electron chi connectivity index (χ2n) is 6.38. The molecule has 1 heterocycles. The highest BCUT2D eigenvalue weighted by molar-refractivity contribution is 8.13. The average Bonchev–Trinajstić information content (AvgIpc) is 2.44. The summed E-state index contributed by atoms with van der Waals surface area (Å²) in [7, 11) is 1.76. The summed E-state index contributed by atoms with van der Waals surface area (Å²) in [5.41, 5.74) is 0.685. The maximum Gasteiger partial charge on any atom is 0.156 e. The Hall–Kier alpha value is -0.220. The molecule has 0 aromatic heterocycles. The zero-order valence-corrected chi connectivity index (χ0v) is 14.0. The van der Waals surface area contributed by atoms with Crippen LogP contribution >= 0.6 is 11.8 Å². The summed E-state index contributed by atoms with van der Waals surface area (Å²) >= 11 is 1.89. The van der Waals surface area contributed by atoms with Crippen LogP contribution in [0.3, 0.4) is 0 Å². The van der Waals surface area contributed by atoms with E-state index in [1.54, 1.807) is 7.11 Å². The minimum Gasteiger partial charge on any atom is -0.385 e. The van der Waals surface area contributed by atoms with E-state index in [2.05, 4.69) is 33.0 Å². The van der Waals surface area contributed by atoms with Crippen LogP contribution in [0.4, 0.5) is 0 Å². The van der Waals surface area contributed by atoms with Gasteiger partial charge >= 0.3 is 0 Å². The summed E-state index contributed by atoms with van der Waals surface area (Å²) < 4.78 is 5.16. The Morgan fingerprint density at radius 1 is 1.37 bits per heavy atom. The molecule has 0 atom stereocenters. The third-order valence-corrected chi connectivity index (χ3v) is 5.58. The molecule has 0 fully saturated rings. The zero-order valence-electron chi connectivity index (χ0n) is 13.2. The molecule has 0 bridgehead atoms. The Labute approximate surface area is 123 Å². The first-order valence-corrected chi connectivity index (χ1v) is 8.35. The molecule has 19 heavy (non-hydrogen) atoms. The number of amidine groups is 1. The van der Waals surface area contributed by atoms with E-state index >= 15 is 0 Å². The third kappa shape index (κ3) is 5.35. The van der Waals surface area contributed by atoms with Crippen LogP contribution in [-0.4, -0.2) is 37.7 Å². The topological polar surface area (TPSA) is 33.6 Å². The van der Waals surface area contributed by atoms with Gasteiger partial charge in [0, 0.05) is 32.6 Å². The molecule has 0 aromatic rings. The van der Waals surface area contributed by atoms with Crippen molar-refractivity contribution < 1.29 is 4.74 Å². The number of ether oxygens (including phenoxy) is 1. The Morgan fingerprint density at radius 2 is 2.05 bits per heavy atom. The summed E-state index contributed by atoms with van der Waals surface area (Å²) in [6, 6.07) is 0. The highest BCUT2D eigenvalue weighted by atomic mass is 32.2. The smallest absolute Gasteiger partial charge is 0.156 e. The summed E-state index contributed by atoms with van der Waals surface area (Å²) in [6.45, 7) is 11.9. The van der Waals surface area contributed by atoms with Crippen LogP contribution in [0.5, 0.6) is 0 Å². The van der Waals surface area contributed by atoms with Crippen molar-refractivity contribution in [2.24, 2.45) is 15.8 Å². The van der Waals surface area contributed by atoms with Crippen LogP contribution in [-0.2, 0) is 4.74 Å². The van der Waals surface area contributed by atoms with E-state index < -0.39 is 0 Å². The van der Waals surface area contributed by atoms with E-state index in [9.17, 15) is 0 Å². The Kier molecular flexibility index (Phi) is 6.67. The first-order valence-electron chi connectivity index (χ1n) is 7.37. The molecule has 0 aliphatic carbocycles. The van der Waals surface area contributed by atoms with Crippen molar-refractivity contribution in [2.45, 2.75) is 47.0 Å². The predicted molar refractivity (Wildman–Crippen MR) is 86.1 cm³/mol. The molecule has 0 saturated heterocycles. The van der Waals surface area contributed by atoms with Gasteiger partial charge in [0.1, 0.15) is 0 Å². The molecule has 0 radical (unpaired) electrons. The third-order valence-electron chi connectivity index (χ3n) is 4.27. The van der Waals surface area contributed by atoms with Crippen LogP contribution in [0.1, 0.15) is 47.0 Å². The van der Waals surface area contributed by atoms with Crippen LogP contribution in [0, 0.1) is 10.8 Å². The van der Waals surface area contributed by atoms with Gasteiger partial charge in [0.2, 0.25) is 0 Å². The normalized spacial score (nSPS) is 19.1. The van der Waals surface area contributed by atoms with Crippen molar-refractivity contribution in [3.63, 3.8) is 0 Å². The molecule has 3 nitrogen and oxygen atoms in total. The van der Waals surface area contributed by atoms with Crippen LogP contribution < -0.4 is 5.32 Å². The molecular weight excluding hydrogens is 256 g/mol. The molecule has 0 spiro atoms. The van der Waals surface area contributed by atoms with Gasteiger partial charge in [0.25, 0.3) is 0 Å². The Bertz CT molecular complexity index is 299. The van der Waals surface area contributed by atoms with Crippen molar-refractivity contribution in [3.8, 4) is 0 Å². The lowest BCUT2D eigenvalue weighted by molar-refractivity contribution is 0.153. The first kappa shape index (κ1) is 16.8. The highest BCUT2D eigenvalue weighted by Gasteiger charge is 2.30. The molecule has 1 aliphatic rings. The molecule has 0 aromatic carbocycles. The van der Waals surface area contributed by atoms with Gasteiger partial charge in [-0.05, 0) is 30.1 Å². The van der Waals surface area contributed by atoms with E-state index in [4.69, 9.17) is 9.73 Å². The molecule has 4 heteroatoms. The van der Waals surface area contributed by atoms with Gasteiger partial charge < -0.3 is 10.1 Å². The number of nitrogens with one attached hydrogen (secondary N) is 1. The van der Waals surface area contributed by atoms with E-state index in [1.165, 1.54) is 18.6 Å². The van der Waals surface area contributed by atoms with E-state index in [0.717, 1.165) is 31.3 Å². The number of rotatable bonds is 7. The quantitative estimate of drug-likeness (QED) is 0.777. The molecule has 0 amide bonds. The Morgan fingerprint density at radius 3 is 2.53 bits per heavy atom. The van der Waals surface area contributed by atoms with E-state index in [0.29, 0.717) is 5.41 Å². The van der Waals surface area contributed by atoms with Crippen molar-refractivity contribution >= 4 is 16.9 Å². The van der Waals surface area contributed by atoms with E-state index in [-0.39, 0.29) is 5.41 Å². The fourth-order valence-corrected chi connectivity index (χ4v) is 3.39. The summed E-state index contributed by atoms with van der Waals surface area (Å²) in [6.07, 6.45) is 3.53. The lowest BCUT2D eigenvalue weighted by Crippen LogP contribution is -2.38. The summed E-state index contributed by atoms with van der Waals surface area (Å²) in [4.78, 5) is 4.75. The fraction of sp³-hybridized carbons (Fsp3) is 0.933. The highest BCUT2D eigenvalue weighted by Crippen LogP contribution is 2.34. The van der Waals surface area contributed by atoms with Gasteiger partial charge in [0.15, 0.2) is 5.17 Å². The standard InChI is InChI=1S/C15H30N2OS/c1-6-15(7-2)11-17-13(19-12-15)16-10-14(3,4)8-9-18-5/h6-12H2,1-5H3,(H,16,17). The number of hydrogen-bond donors (Lipinski definition) is 1. The number of aliphatic imine (C=N–C) groups is 1. The van der Waals surface area contributed by atoms with Gasteiger partial charge in [0.05, 0.1) is 0 Å². The maximum atomic E-state index is 5.16. The van der Waals surface area contributed by atoms with Crippen LogP contribution in [0.25, 0.3) is 0 Å². The first-order chi connectivity index (χ1) is 8.97. The van der Waals surface area contributed by atoms with Crippen LogP contribution in [0.15, 0.2) is 4.99 Å². The number of thioether (sulfide) groups is 1. The van der Waals surface area contributed by atoms with Crippen LogP contribution in [0.2, 0.25) is 0 Å². The lowest BCUT2D eigenvalue weighted by Gasteiger charge is -2.34. The van der Waals surface area contributed by atoms with E-state index in [1.807, 2.05) is 11.8 Å². The van der Waals surface area contributed by atoms with Gasteiger partial charge in [-0.15, -0.1) is 0 Å². The minimum absolute atomic E-state index is 0.253. The molecule has 1 rings (SSSR count). The van der Waals surface area contributed by atoms with Gasteiger partial charge in [-0.1, -0.05) is 39.5 Å². The zero-order chi connectivity index (χ0) is 14.4. The fourth-order valence-electron chi connectivity index (χ4n) is 2.12. The molecule has 0 saturated carbocycles. The van der Waals surface area contributed by atoms with Crippen molar-refractivity contribution in [3.05, 3.63) is 0 Å². The number of hydrogen-bond acceptors (Lipinski definition) is 4. The number of nitrogens with zero attached hydrogens (tertiary/aromatic N) is 1. The minimum atomic E-state index is 0.253. The lowest BCUT2D eigenvalue weighted by atomic mass is 9.84. The van der Waals surface area contributed by atoms with Crippen molar-refractivity contribution in [1.29, 1.82) is 0 Å². The molecular formula is C15H30N2OS. The SMILES string of the molecule is CCC1(CC)CN=C(NCC(C)(C)CCOC)SC1. The second kappa shape index (κ2) is 7.53. The molecule has 112 valence electrons. The van der Waals surface area contributed by atoms with Gasteiger partial charge in [-0.3, -0.25) is 4.99 Å². The molecule has 1 aliphatic heterocycles. The molecule has 1 N–H and O–H groups in total. The molecule has 0 unspecified atom stereocenters. The maximum absolute atomic E-state index is 5.16. The van der Waals surface area contributed by atoms with Crippen molar-refractivity contribution in [1.82, 2.24) is 5.32 Å². The summed E-state index contributed by atoms with van der Waals surface area (Å²) in [5.74, 6) is 1.20. The van der Waals surface area contributed by atoms with Gasteiger partial charge in [-0.2, -0.15) is 0 Å². The Balaban J connectivity index is 2.41. The average molecular weight is 286 g/mol. The second-order valence-corrected chi connectivity index (χ2v) is 7.34. The largest absolute Gasteiger partial charge is 0.385 e. The number of methoxy groups -OCH3 is 1. The van der Waals surface area contributed by atoms with Gasteiger partial charge in [-0.25, -0.2) is 0 Å². The summed E-state index contributed by atoms with van der Waals surface area (Å²) in [5, 5.41) is 4.64. The van der Waals surface area contributed by atoms with Crippen molar-refractivity contribution in [2.75, 3.05) is 32.6 Å². The predicted octanol–water partition coefficient (Wildman–Crippen LogP) is 3.55.